The van der Waals surface area contributed by atoms with Crippen LogP contribution in [0.15, 0.2) is 24.3 Å². The summed E-state index contributed by atoms with van der Waals surface area (Å²) in [5, 5.41) is 0. The molecular weight excluding hydrogens is 232 g/mol. The third-order valence-corrected chi connectivity index (χ3v) is 3.27. The SMILES string of the molecule is CCCCCC=CC/C=C\CCCCCCCC=O. The van der Waals surface area contributed by atoms with Crippen LogP contribution < -0.4 is 0 Å². The summed E-state index contributed by atoms with van der Waals surface area (Å²) in [4.78, 5) is 10.1. The van der Waals surface area contributed by atoms with Crippen LogP contribution in [0.3, 0.4) is 0 Å². The fourth-order valence-electron chi connectivity index (χ4n) is 2.04. The molecule has 110 valence electrons. The number of rotatable bonds is 14. The molecule has 0 rings (SSSR count). The molecule has 0 unspecified atom stereocenters. The van der Waals surface area contributed by atoms with Crippen molar-refractivity contribution in [3.63, 3.8) is 0 Å². The highest BCUT2D eigenvalue weighted by Gasteiger charge is 1.89. The summed E-state index contributed by atoms with van der Waals surface area (Å²) in [6.45, 7) is 2.24. The summed E-state index contributed by atoms with van der Waals surface area (Å²) in [6.07, 6.45) is 24.6. The average Bonchev–Trinajstić information content (AvgIpc) is 2.43. The summed E-state index contributed by atoms with van der Waals surface area (Å²) in [6, 6.07) is 0. The molecule has 0 fully saturated rings. The first kappa shape index (κ1) is 18.1. The van der Waals surface area contributed by atoms with Crippen LogP contribution in [-0.2, 0) is 4.79 Å². The fourth-order valence-corrected chi connectivity index (χ4v) is 2.04. The lowest BCUT2D eigenvalue weighted by molar-refractivity contribution is -0.107. The summed E-state index contributed by atoms with van der Waals surface area (Å²) >= 11 is 0. The van der Waals surface area contributed by atoms with E-state index >= 15 is 0 Å². The van der Waals surface area contributed by atoms with E-state index < -0.39 is 0 Å². The van der Waals surface area contributed by atoms with E-state index in [1.54, 1.807) is 0 Å². The van der Waals surface area contributed by atoms with Gasteiger partial charge in [-0.25, -0.2) is 0 Å². The number of aldehydes is 1. The van der Waals surface area contributed by atoms with Crippen molar-refractivity contribution in [3.8, 4) is 0 Å². The largest absolute Gasteiger partial charge is 0.303 e. The lowest BCUT2D eigenvalue weighted by Crippen LogP contribution is -1.80. The molecule has 0 aliphatic heterocycles. The highest BCUT2D eigenvalue weighted by Crippen LogP contribution is 2.07. The minimum atomic E-state index is 0.741. The van der Waals surface area contributed by atoms with Crippen molar-refractivity contribution in [3.05, 3.63) is 24.3 Å². The van der Waals surface area contributed by atoms with Gasteiger partial charge in [0.1, 0.15) is 6.29 Å². The first-order valence-electron chi connectivity index (χ1n) is 8.15. The normalized spacial score (nSPS) is 11.6. The lowest BCUT2D eigenvalue weighted by Gasteiger charge is -1.97. The van der Waals surface area contributed by atoms with Crippen molar-refractivity contribution in [2.24, 2.45) is 0 Å². The molecule has 0 aliphatic carbocycles. The van der Waals surface area contributed by atoms with Crippen LogP contribution in [0.25, 0.3) is 0 Å². The van der Waals surface area contributed by atoms with Crippen LogP contribution in [0.5, 0.6) is 0 Å². The Labute approximate surface area is 120 Å². The maximum atomic E-state index is 10.1. The van der Waals surface area contributed by atoms with Crippen LogP contribution in [0.4, 0.5) is 0 Å². The van der Waals surface area contributed by atoms with Gasteiger partial charge in [0.25, 0.3) is 0 Å². The zero-order valence-electron chi connectivity index (χ0n) is 12.8. The molecule has 0 heterocycles. The number of carbonyl (C=O) groups is 1. The number of carbonyl (C=O) groups excluding carboxylic acids is 1. The number of hydrogen-bond acceptors (Lipinski definition) is 1. The third-order valence-electron chi connectivity index (χ3n) is 3.27. The Morgan fingerprint density at radius 3 is 1.74 bits per heavy atom. The molecule has 0 aromatic heterocycles. The topological polar surface area (TPSA) is 17.1 Å². The van der Waals surface area contributed by atoms with E-state index in [4.69, 9.17) is 0 Å². The summed E-state index contributed by atoms with van der Waals surface area (Å²) in [7, 11) is 0. The van der Waals surface area contributed by atoms with Crippen molar-refractivity contribution in [1.29, 1.82) is 0 Å². The van der Waals surface area contributed by atoms with Crippen LogP contribution in [-0.4, -0.2) is 6.29 Å². The minimum Gasteiger partial charge on any atom is -0.303 e. The second-order valence-electron chi connectivity index (χ2n) is 5.19. The minimum absolute atomic E-state index is 0.741. The molecule has 0 bridgehead atoms. The van der Waals surface area contributed by atoms with Gasteiger partial charge in [0.15, 0.2) is 0 Å². The van der Waals surface area contributed by atoms with Gasteiger partial charge in [-0.2, -0.15) is 0 Å². The maximum Gasteiger partial charge on any atom is 0.119 e. The Hall–Kier alpha value is -0.850. The zero-order chi connectivity index (χ0) is 14.0. The standard InChI is InChI=1S/C18H32O/c1-2-3-4-5-6-7-8-9-10-11-12-13-14-15-16-17-18-19/h6-7,9-10,18H,2-5,8,11-17H2,1H3/b7-6?,10-9-. The average molecular weight is 264 g/mol. The van der Waals surface area contributed by atoms with Crippen molar-refractivity contribution < 1.29 is 4.79 Å². The highest BCUT2D eigenvalue weighted by atomic mass is 16.1. The predicted octanol–water partition coefficient (Wildman–Crippen LogP) is 6.00. The molecule has 1 nitrogen and oxygen atoms in total. The van der Waals surface area contributed by atoms with E-state index in [-0.39, 0.29) is 0 Å². The monoisotopic (exact) mass is 264 g/mol. The third kappa shape index (κ3) is 17.1. The first-order valence-corrected chi connectivity index (χ1v) is 8.15. The van der Waals surface area contributed by atoms with Gasteiger partial charge in [-0.1, -0.05) is 63.3 Å². The van der Waals surface area contributed by atoms with Crippen LogP contribution in [0.1, 0.15) is 84.0 Å². The molecular formula is C18H32O. The molecule has 0 aromatic carbocycles. The van der Waals surface area contributed by atoms with E-state index in [0.717, 1.165) is 25.5 Å². The van der Waals surface area contributed by atoms with Gasteiger partial charge in [-0.15, -0.1) is 0 Å². The fraction of sp³-hybridized carbons (Fsp3) is 0.722. The van der Waals surface area contributed by atoms with Crippen molar-refractivity contribution in [1.82, 2.24) is 0 Å². The molecule has 0 amide bonds. The second-order valence-corrected chi connectivity index (χ2v) is 5.19. The molecule has 0 N–H and O–H groups in total. The molecule has 0 spiro atoms. The maximum absolute atomic E-state index is 10.1. The van der Waals surface area contributed by atoms with Gasteiger partial charge < -0.3 is 4.79 Å². The van der Waals surface area contributed by atoms with Gasteiger partial charge in [0.05, 0.1) is 0 Å². The molecule has 0 saturated heterocycles. The zero-order valence-corrected chi connectivity index (χ0v) is 12.8. The van der Waals surface area contributed by atoms with Crippen molar-refractivity contribution in [2.45, 2.75) is 84.0 Å². The Kier molecular flexibility index (Phi) is 16.4. The van der Waals surface area contributed by atoms with E-state index in [0.29, 0.717) is 0 Å². The molecule has 0 radical (unpaired) electrons. The molecule has 1 heteroatoms. The smallest absolute Gasteiger partial charge is 0.119 e. The Bertz CT molecular complexity index is 228. The van der Waals surface area contributed by atoms with Crippen LogP contribution >= 0.6 is 0 Å². The lowest BCUT2D eigenvalue weighted by atomic mass is 10.1. The summed E-state index contributed by atoms with van der Waals surface area (Å²) < 4.78 is 0. The number of allylic oxidation sites excluding steroid dienone is 4. The number of hydrogen-bond donors (Lipinski definition) is 0. The van der Waals surface area contributed by atoms with Gasteiger partial charge >= 0.3 is 0 Å². The molecule has 0 atom stereocenters. The van der Waals surface area contributed by atoms with Crippen molar-refractivity contribution >= 4 is 6.29 Å². The predicted molar refractivity (Wildman–Crippen MR) is 85.4 cm³/mol. The Balaban J connectivity index is 3.14. The highest BCUT2D eigenvalue weighted by molar-refractivity contribution is 5.48. The van der Waals surface area contributed by atoms with Gasteiger partial charge in [-0.3, -0.25) is 0 Å². The van der Waals surface area contributed by atoms with Gasteiger partial charge in [0, 0.05) is 6.42 Å². The molecule has 19 heavy (non-hydrogen) atoms. The van der Waals surface area contributed by atoms with Crippen LogP contribution in [0, 0.1) is 0 Å². The van der Waals surface area contributed by atoms with Gasteiger partial charge in [-0.05, 0) is 38.5 Å². The van der Waals surface area contributed by atoms with Gasteiger partial charge in [0.2, 0.25) is 0 Å². The van der Waals surface area contributed by atoms with E-state index in [1.807, 2.05) is 0 Å². The summed E-state index contributed by atoms with van der Waals surface area (Å²) in [5.74, 6) is 0. The quantitative estimate of drug-likeness (QED) is 0.214. The van der Waals surface area contributed by atoms with Crippen LogP contribution in [0.2, 0.25) is 0 Å². The summed E-state index contributed by atoms with van der Waals surface area (Å²) in [5.41, 5.74) is 0. The Morgan fingerprint density at radius 1 is 0.632 bits per heavy atom. The second kappa shape index (κ2) is 17.2. The molecule has 0 saturated carbocycles. The van der Waals surface area contributed by atoms with E-state index in [2.05, 4.69) is 31.2 Å². The molecule has 0 aliphatic rings. The number of unbranched alkanes of at least 4 members (excludes halogenated alkanes) is 9. The Morgan fingerprint density at radius 2 is 1.16 bits per heavy atom. The van der Waals surface area contributed by atoms with Crippen molar-refractivity contribution in [2.75, 3.05) is 0 Å². The first-order chi connectivity index (χ1) is 9.41. The molecule has 0 aromatic rings. The van der Waals surface area contributed by atoms with E-state index in [1.165, 1.54) is 57.8 Å². The van der Waals surface area contributed by atoms with E-state index in [9.17, 15) is 4.79 Å².